The smallest absolute Gasteiger partial charge is 0.293 e. The summed E-state index contributed by atoms with van der Waals surface area (Å²) in [7, 11) is 1.58. The Morgan fingerprint density at radius 3 is 2.57 bits per heavy atom. The van der Waals surface area contributed by atoms with Crippen molar-refractivity contribution in [2.24, 2.45) is 12.0 Å². The van der Waals surface area contributed by atoms with Crippen LogP contribution in [-0.2, 0) is 16.5 Å². The van der Waals surface area contributed by atoms with Gasteiger partial charge in [0.1, 0.15) is 0 Å². The van der Waals surface area contributed by atoms with Crippen molar-refractivity contribution < 1.29 is 18.6 Å². The fourth-order valence-corrected chi connectivity index (χ4v) is 2.58. The molecule has 0 unspecified atom stereocenters. The Balaban J connectivity index is 2.26. The molecule has 1 heterocycles. The second kappa shape index (κ2) is 11.3. The van der Waals surface area contributed by atoms with E-state index >= 15 is 0 Å². The molecule has 7 nitrogen and oxygen atoms in total. The van der Waals surface area contributed by atoms with Crippen LogP contribution in [0.15, 0.2) is 40.1 Å². The lowest BCUT2D eigenvalue weighted by atomic mass is 10.3. The number of benzene rings is 1. The minimum atomic E-state index is -0.553. The average molecular weight is 417 g/mol. The summed E-state index contributed by atoms with van der Waals surface area (Å²) < 4.78 is 31.7. The highest BCUT2D eigenvalue weighted by molar-refractivity contribution is 5.83. The first kappa shape index (κ1) is 23.3. The van der Waals surface area contributed by atoms with Gasteiger partial charge in [0, 0.05) is 37.0 Å². The first-order valence-electron chi connectivity index (χ1n) is 9.69. The molecule has 0 bridgehead atoms. The fourth-order valence-electron chi connectivity index (χ4n) is 2.58. The standard InChI is InChI=1S/C22H28FN3O4/c1-6-28-21(29-7-2)14-25-16(4)24-13-17-12-20(22(27)26(5)15(17)3)30-19-11-9-8-10-18(19)23/h8-13,21H,3,6-7,14H2,1-2,4-5H3,(H,24,25)/b17-13-. The molecule has 1 aromatic heterocycles. The Kier molecular flexibility index (Phi) is 8.76. The third kappa shape index (κ3) is 6.27. The summed E-state index contributed by atoms with van der Waals surface area (Å²) in [4.78, 5) is 16.9. The molecule has 0 saturated heterocycles. The molecule has 0 aliphatic rings. The number of halogens is 1. The molecule has 1 aromatic carbocycles. The van der Waals surface area contributed by atoms with Gasteiger partial charge >= 0.3 is 0 Å². The molecule has 0 atom stereocenters. The molecule has 0 aliphatic carbocycles. The number of aliphatic imine (C=N–C) groups is 1. The zero-order chi connectivity index (χ0) is 22.1. The van der Waals surface area contributed by atoms with E-state index in [1.165, 1.54) is 22.8 Å². The van der Waals surface area contributed by atoms with Crippen molar-refractivity contribution in [1.29, 1.82) is 0 Å². The zero-order valence-corrected chi connectivity index (χ0v) is 17.8. The highest BCUT2D eigenvalue weighted by atomic mass is 19.1. The lowest BCUT2D eigenvalue weighted by Gasteiger charge is -2.14. The van der Waals surface area contributed by atoms with Crippen LogP contribution in [0.25, 0.3) is 12.8 Å². The molecule has 162 valence electrons. The number of nitrogens with zero attached hydrogens (tertiary/aromatic N) is 2. The molecule has 0 aliphatic heterocycles. The van der Waals surface area contributed by atoms with Crippen LogP contribution in [0.2, 0.25) is 0 Å². The number of aromatic nitrogens is 1. The molecule has 0 radical (unpaired) electrons. The van der Waals surface area contributed by atoms with Gasteiger partial charge in [-0.3, -0.25) is 9.79 Å². The lowest BCUT2D eigenvalue weighted by Crippen LogP contribution is -2.42. The number of para-hydroxylation sites is 1. The van der Waals surface area contributed by atoms with E-state index in [0.717, 1.165) is 0 Å². The Labute approximate surface area is 175 Å². The van der Waals surface area contributed by atoms with Gasteiger partial charge < -0.3 is 24.1 Å². The van der Waals surface area contributed by atoms with Gasteiger partial charge in [-0.2, -0.15) is 0 Å². The number of rotatable bonds is 9. The highest BCUT2D eigenvalue weighted by Crippen LogP contribution is 2.20. The van der Waals surface area contributed by atoms with Crippen LogP contribution < -0.4 is 26.2 Å². The van der Waals surface area contributed by atoms with E-state index in [1.807, 2.05) is 13.8 Å². The Hall–Kier alpha value is -2.97. The number of amidine groups is 1. The van der Waals surface area contributed by atoms with Crippen molar-refractivity contribution in [3.63, 3.8) is 0 Å². The van der Waals surface area contributed by atoms with Gasteiger partial charge in [-0.1, -0.05) is 18.7 Å². The maximum absolute atomic E-state index is 13.9. The quantitative estimate of drug-likeness (QED) is 0.383. The van der Waals surface area contributed by atoms with Gasteiger partial charge in [0.05, 0.1) is 12.4 Å². The molecular formula is C22H28FN3O4. The summed E-state index contributed by atoms with van der Waals surface area (Å²) in [5.41, 5.74) is -0.415. The van der Waals surface area contributed by atoms with Crippen LogP contribution in [0.4, 0.5) is 4.39 Å². The molecule has 2 aromatic rings. The predicted molar refractivity (Wildman–Crippen MR) is 116 cm³/mol. The number of nitrogens with one attached hydrogen (secondary N) is 1. The first-order chi connectivity index (χ1) is 14.4. The van der Waals surface area contributed by atoms with Gasteiger partial charge in [0.15, 0.2) is 23.6 Å². The summed E-state index contributed by atoms with van der Waals surface area (Å²) >= 11 is 0. The van der Waals surface area contributed by atoms with E-state index in [0.29, 0.717) is 36.2 Å². The van der Waals surface area contributed by atoms with Gasteiger partial charge in [0.25, 0.3) is 5.56 Å². The molecule has 1 N–H and O–H groups in total. The maximum Gasteiger partial charge on any atom is 0.293 e. The normalized spacial score (nSPS) is 12.5. The van der Waals surface area contributed by atoms with Crippen molar-refractivity contribution in [1.82, 2.24) is 9.88 Å². The van der Waals surface area contributed by atoms with E-state index in [4.69, 9.17) is 14.2 Å². The summed E-state index contributed by atoms with van der Waals surface area (Å²) in [5, 5.41) is 4.13. The molecule has 2 rings (SSSR count). The van der Waals surface area contributed by atoms with Crippen molar-refractivity contribution in [3.8, 4) is 11.5 Å². The predicted octanol–water partition coefficient (Wildman–Crippen LogP) is 1.87. The topological polar surface area (TPSA) is 74.1 Å². The van der Waals surface area contributed by atoms with Crippen molar-refractivity contribution in [2.45, 2.75) is 27.1 Å². The monoisotopic (exact) mass is 417 g/mol. The zero-order valence-electron chi connectivity index (χ0n) is 17.8. The van der Waals surface area contributed by atoms with Crippen LogP contribution in [0, 0.1) is 5.82 Å². The van der Waals surface area contributed by atoms with E-state index in [1.54, 1.807) is 32.3 Å². The minimum absolute atomic E-state index is 0.00889. The molecule has 0 spiro atoms. The molecule has 8 heteroatoms. The number of hydrogen-bond donors (Lipinski definition) is 1. The number of hydrogen-bond acceptors (Lipinski definition) is 5. The van der Waals surface area contributed by atoms with Crippen LogP contribution in [0.1, 0.15) is 20.8 Å². The maximum atomic E-state index is 13.9. The number of ether oxygens (including phenoxy) is 3. The largest absolute Gasteiger partial charge is 0.448 e. The van der Waals surface area contributed by atoms with Crippen LogP contribution in [0.3, 0.4) is 0 Å². The Bertz CT molecular complexity index is 1040. The number of pyridine rings is 1. The second-order valence-electron chi connectivity index (χ2n) is 6.36. The van der Waals surface area contributed by atoms with E-state index in [-0.39, 0.29) is 11.5 Å². The third-order valence-corrected chi connectivity index (χ3v) is 4.22. The van der Waals surface area contributed by atoms with Crippen LogP contribution in [0.5, 0.6) is 11.5 Å². The summed E-state index contributed by atoms with van der Waals surface area (Å²) in [6, 6.07) is 7.41. The second-order valence-corrected chi connectivity index (χ2v) is 6.36. The van der Waals surface area contributed by atoms with Gasteiger partial charge in [-0.05, 0) is 39.0 Å². The van der Waals surface area contributed by atoms with Crippen LogP contribution >= 0.6 is 0 Å². The lowest BCUT2D eigenvalue weighted by molar-refractivity contribution is -0.128. The SMILES string of the molecule is C=c1/c(=C\NC(C)=NCC(OCC)OCC)cc(Oc2ccccc2F)c(=O)n1C. The van der Waals surface area contributed by atoms with Gasteiger partial charge in [-0.15, -0.1) is 0 Å². The summed E-state index contributed by atoms with van der Waals surface area (Å²) in [6.45, 7) is 10.9. The minimum Gasteiger partial charge on any atom is -0.448 e. The summed E-state index contributed by atoms with van der Waals surface area (Å²) in [5.74, 6) is 0.0404. The molecule has 0 fully saturated rings. The Morgan fingerprint density at radius 2 is 1.93 bits per heavy atom. The molecule has 0 amide bonds. The first-order valence-corrected chi connectivity index (χ1v) is 9.69. The van der Waals surface area contributed by atoms with E-state index in [2.05, 4.69) is 16.9 Å². The average Bonchev–Trinajstić information content (AvgIpc) is 2.73. The molecular weight excluding hydrogens is 389 g/mol. The third-order valence-electron chi connectivity index (χ3n) is 4.22. The Morgan fingerprint density at radius 1 is 1.27 bits per heavy atom. The van der Waals surface area contributed by atoms with Gasteiger partial charge in [-0.25, -0.2) is 4.39 Å². The van der Waals surface area contributed by atoms with E-state index < -0.39 is 17.7 Å². The fraction of sp³-hybridized carbons (Fsp3) is 0.364. The highest BCUT2D eigenvalue weighted by Gasteiger charge is 2.10. The van der Waals surface area contributed by atoms with Crippen molar-refractivity contribution >= 4 is 18.6 Å². The summed E-state index contributed by atoms with van der Waals surface area (Å²) in [6.07, 6.45) is 1.25. The van der Waals surface area contributed by atoms with Crippen molar-refractivity contribution in [3.05, 3.63) is 57.1 Å². The van der Waals surface area contributed by atoms with Gasteiger partial charge in [0.2, 0.25) is 0 Å². The van der Waals surface area contributed by atoms with E-state index in [9.17, 15) is 9.18 Å². The van der Waals surface area contributed by atoms with Crippen LogP contribution in [-0.4, -0.2) is 36.5 Å². The molecule has 30 heavy (non-hydrogen) atoms. The van der Waals surface area contributed by atoms with Crippen molar-refractivity contribution in [2.75, 3.05) is 19.8 Å². The molecule has 0 saturated carbocycles.